The molecule has 1 unspecified atom stereocenters. The molecule has 0 aliphatic heterocycles. The summed E-state index contributed by atoms with van der Waals surface area (Å²) in [7, 11) is -3.82. The topological polar surface area (TPSA) is 102 Å². The van der Waals surface area contributed by atoms with Gasteiger partial charge < -0.3 is 10.1 Å². The molecule has 1 aromatic heterocycles. The van der Waals surface area contributed by atoms with Crippen LogP contribution in [0.5, 0.6) is 0 Å². The van der Waals surface area contributed by atoms with E-state index in [0.29, 0.717) is 5.69 Å². The lowest BCUT2D eigenvalue weighted by atomic mass is 10.0. The van der Waals surface area contributed by atoms with Gasteiger partial charge in [-0.1, -0.05) is 29.8 Å². The van der Waals surface area contributed by atoms with Crippen molar-refractivity contribution in [2.45, 2.75) is 45.2 Å². The molecule has 0 fully saturated rings. The van der Waals surface area contributed by atoms with Crippen molar-refractivity contribution in [2.75, 3.05) is 5.32 Å². The normalized spacial score (nSPS) is 12.2. The van der Waals surface area contributed by atoms with Gasteiger partial charge in [0.1, 0.15) is 0 Å². The first-order valence-electron chi connectivity index (χ1n) is 10.3. The Balaban J connectivity index is 1.67. The van der Waals surface area contributed by atoms with Crippen LogP contribution >= 0.6 is 11.3 Å². The maximum absolute atomic E-state index is 12.6. The number of benzene rings is 2. The number of hydrogen-bond donors (Lipinski definition) is 2. The number of ether oxygens (including phenoxy) is 1. The van der Waals surface area contributed by atoms with Crippen LogP contribution in [0.2, 0.25) is 0 Å². The predicted octanol–water partition coefficient (Wildman–Crippen LogP) is 4.34. The fourth-order valence-corrected chi connectivity index (χ4v) is 5.12. The van der Waals surface area contributed by atoms with Gasteiger partial charge in [-0.15, -0.1) is 11.3 Å². The second-order valence-electron chi connectivity index (χ2n) is 7.74. The number of rotatable bonds is 8. The van der Waals surface area contributed by atoms with Gasteiger partial charge in [0.15, 0.2) is 6.10 Å². The van der Waals surface area contributed by atoms with Gasteiger partial charge >= 0.3 is 5.97 Å². The Hall–Kier alpha value is -3.01. The molecule has 1 amide bonds. The number of esters is 1. The predicted molar refractivity (Wildman–Crippen MR) is 129 cm³/mol. The van der Waals surface area contributed by atoms with Crippen LogP contribution in [-0.4, -0.2) is 26.4 Å². The number of aryl methyl sites for hydroxylation is 3. The fraction of sp³-hybridized carbons (Fsp3) is 0.250. The van der Waals surface area contributed by atoms with Crippen LogP contribution in [0.25, 0.3) is 0 Å². The zero-order valence-corrected chi connectivity index (χ0v) is 20.5. The Bertz CT molecular complexity index is 1240. The van der Waals surface area contributed by atoms with Crippen molar-refractivity contribution in [3.8, 4) is 0 Å². The molecule has 0 radical (unpaired) electrons. The van der Waals surface area contributed by atoms with Gasteiger partial charge in [-0.25, -0.2) is 17.9 Å². The zero-order chi connectivity index (χ0) is 24.2. The lowest BCUT2D eigenvalue weighted by Crippen LogP contribution is -2.30. The minimum absolute atomic E-state index is 0.0383. The summed E-state index contributed by atoms with van der Waals surface area (Å²) < 4.78 is 33.0. The summed E-state index contributed by atoms with van der Waals surface area (Å²) in [5, 5.41) is 4.67. The van der Waals surface area contributed by atoms with Crippen molar-refractivity contribution >= 4 is 38.9 Å². The molecular weight excluding hydrogens is 460 g/mol. The van der Waals surface area contributed by atoms with Crippen molar-refractivity contribution in [3.05, 3.63) is 81.0 Å². The molecule has 7 nitrogen and oxygen atoms in total. The molecule has 0 saturated carbocycles. The average molecular weight is 487 g/mol. The highest BCUT2D eigenvalue weighted by Crippen LogP contribution is 2.22. The molecule has 0 spiro atoms. The van der Waals surface area contributed by atoms with E-state index in [1.54, 1.807) is 0 Å². The first-order valence-corrected chi connectivity index (χ1v) is 12.6. The summed E-state index contributed by atoms with van der Waals surface area (Å²) in [5.74, 6) is -1.26. The Morgan fingerprint density at radius 1 is 1.03 bits per heavy atom. The summed E-state index contributed by atoms with van der Waals surface area (Å²) >= 11 is 1.44. The summed E-state index contributed by atoms with van der Waals surface area (Å²) in [6, 6.07) is 13.1. The van der Waals surface area contributed by atoms with Crippen LogP contribution in [0.3, 0.4) is 0 Å². The van der Waals surface area contributed by atoms with Crippen molar-refractivity contribution < 1.29 is 22.7 Å². The zero-order valence-electron chi connectivity index (χ0n) is 18.8. The first kappa shape index (κ1) is 24.6. The number of thiophene rings is 1. The van der Waals surface area contributed by atoms with E-state index in [0.717, 1.165) is 21.6 Å². The highest BCUT2D eigenvalue weighted by Gasteiger charge is 2.22. The highest BCUT2D eigenvalue weighted by atomic mass is 32.2. The van der Waals surface area contributed by atoms with Gasteiger partial charge in [-0.3, -0.25) is 4.79 Å². The van der Waals surface area contributed by atoms with Crippen LogP contribution in [-0.2, 0) is 26.1 Å². The third-order valence-corrected chi connectivity index (χ3v) is 7.25. The second kappa shape index (κ2) is 10.3. The molecule has 3 rings (SSSR count). The number of nitrogens with one attached hydrogen (secondary N) is 2. The number of carbonyl (C=O) groups is 2. The van der Waals surface area contributed by atoms with Crippen molar-refractivity contribution in [1.82, 2.24) is 4.72 Å². The first-order chi connectivity index (χ1) is 15.6. The monoisotopic (exact) mass is 486 g/mol. The average Bonchev–Trinajstić information content (AvgIpc) is 3.28. The smallest absolute Gasteiger partial charge is 0.338 e. The third kappa shape index (κ3) is 6.28. The number of anilines is 1. The van der Waals surface area contributed by atoms with Crippen LogP contribution in [0.15, 0.2) is 58.8 Å². The van der Waals surface area contributed by atoms with E-state index in [1.807, 2.05) is 50.4 Å². The van der Waals surface area contributed by atoms with Gasteiger partial charge in [-0.05, 0) is 68.5 Å². The minimum Gasteiger partial charge on any atom is -0.449 e. The van der Waals surface area contributed by atoms with Gasteiger partial charge in [0.05, 0.1) is 10.5 Å². The Kier molecular flexibility index (Phi) is 7.68. The van der Waals surface area contributed by atoms with Crippen molar-refractivity contribution in [3.63, 3.8) is 0 Å². The van der Waals surface area contributed by atoms with Crippen LogP contribution < -0.4 is 10.0 Å². The quantitative estimate of drug-likeness (QED) is 0.461. The molecule has 1 heterocycles. The summed E-state index contributed by atoms with van der Waals surface area (Å²) in [5.41, 5.74) is 3.62. The van der Waals surface area contributed by atoms with Gasteiger partial charge in [0, 0.05) is 17.1 Å². The summed E-state index contributed by atoms with van der Waals surface area (Å²) in [6.45, 7) is 7.39. The summed E-state index contributed by atoms with van der Waals surface area (Å²) in [6.07, 6.45) is -1.07. The molecule has 0 aliphatic carbocycles. The number of amides is 1. The van der Waals surface area contributed by atoms with Gasteiger partial charge in [-0.2, -0.15) is 0 Å². The maximum Gasteiger partial charge on any atom is 0.338 e. The maximum atomic E-state index is 12.6. The molecule has 174 valence electrons. The number of hydrogen-bond acceptors (Lipinski definition) is 6. The van der Waals surface area contributed by atoms with E-state index in [1.165, 1.54) is 42.5 Å². The lowest BCUT2D eigenvalue weighted by Gasteiger charge is -2.17. The SMILES string of the molecule is Cc1cc(C)c(NC(=O)C(C)OC(=O)c2cccc(S(=O)(=O)NCc3cccs3)c2)c(C)c1. The molecule has 2 N–H and O–H groups in total. The van der Waals surface area contributed by atoms with Crippen LogP contribution in [0.1, 0.15) is 38.8 Å². The molecule has 0 aliphatic rings. The third-order valence-electron chi connectivity index (χ3n) is 4.97. The minimum atomic E-state index is -3.82. The number of carbonyl (C=O) groups excluding carboxylic acids is 2. The van der Waals surface area contributed by atoms with Crippen molar-refractivity contribution in [2.24, 2.45) is 0 Å². The van der Waals surface area contributed by atoms with E-state index < -0.39 is 28.0 Å². The van der Waals surface area contributed by atoms with E-state index in [-0.39, 0.29) is 17.0 Å². The van der Waals surface area contributed by atoms with E-state index in [9.17, 15) is 18.0 Å². The largest absolute Gasteiger partial charge is 0.449 e. The molecule has 33 heavy (non-hydrogen) atoms. The van der Waals surface area contributed by atoms with E-state index in [2.05, 4.69) is 10.0 Å². The van der Waals surface area contributed by atoms with E-state index >= 15 is 0 Å². The second-order valence-corrected chi connectivity index (χ2v) is 10.5. The standard InChI is InChI=1S/C24H26N2O5S2/c1-15-11-16(2)22(17(3)12-15)26-23(27)18(4)31-24(28)19-7-5-9-21(13-19)33(29,30)25-14-20-8-6-10-32-20/h5-13,18,25H,14H2,1-4H3,(H,26,27). The molecule has 2 aromatic carbocycles. The molecule has 0 saturated heterocycles. The Morgan fingerprint density at radius 3 is 2.36 bits per heavy atom. The fourth-order valence-electron chi connectivity index (χ4n) is 3.34. The molecular formula is C24H26N2O5S2. The van der Waals surface area contributed by atoms with Gasteiger partial charge in [0.25, 0.3) is 5.91 Å². The summed E-state index contributed by atoms with van der Waals surface area (Å²) in [4.78, 5) is 26.0. The molecule has 0 bridgehead atoms. The Labute approximate surface area is 197 Å². The Morgan fingerprint density at radius 2 is 1.73 bits per heavy atom. The van der Waals surface area contributed by atoms with Crippen LogP contribution in [0, 0.1) is 20.8 Å². The van der Waals surface area contributed by atoms with Crippen LogP contribution in [0.4, 0.5) is 5.69 Å². The lowest BCUT2D eigenvalue weighted by molar-refractivity contribution is -0.123. The van der Waals surface area contributed by atoms with Crippen molar-refractivity contribution in [1.29, 1.82) is 0 Å². The molecule has 1 atom stereocenters. The van der Waals surface area contributed by atoms with E-state index in [4.69, 9.17) is 4.74 Å². The highest BCUT2D eigenvalue weighted by molar-refractivity contribution is 7.89. The van der Waals surface area contributed by atoms with Gasteiger partial charge in [0.2, 0.25) is 10.0 Å². The molecule has 9 heteroatoms. The molecule has 3 aromatic rings. The number of sulfonamides is 1.